The second-order valence-electron chi connectivity index (χ2n) is 5.20. The molecule has 2 N–H and O–H groups in total. The maximum atomic E-state index is 12.9. The molecule has 0 radical (unpaired) electrons. The van der Waals surface area contributed by atoms with E-state index in [1.807, 2.05) is 0 Å². The Labute approximate surface area is 121 Å². The normalized spacial score (nSPS) is 20.7. The Kier molecular flexibility index (Phi) is 4.55. The summed E-state index contributed by atoms with van der Waals surface area (Å²) in [6.07, 6.45) is -4.32. The first kappa shape index (κ1) is 15.8. The number of nitrogens with one attached hydrogen (secondary N) is 1. The molecule has 1 aliphatic rings. The van der Waals surface area contributed by atoms with E-state index in [0.717, 1.165) is 6.42 Å². The van der Waals surface area contributed by atoms with E-state index >= 15 is 0 Å². The highest BCUT2D eigenvalue weighted by atomic mass is 19.4. The molecule has 118 valence electrons. The van der Waals surface area contributed by atoms with Gasteiger partial charge in [-0.2, -0.15) is 13.2 Å². The van der Waals surface area contributed by atoms with E-state index in [4.69, 9.17) is 0 Å². The lowest BCUT2D eigenvalue weighted by Gasteiger charge is -2.20. The molecule has 0 aliphatic carbocycles. The minimum Gasteiger partial charge on any atom is -0.393 e. The second-order valence-corrected chi connectivity index (χ2v) is 5.20. The molecule has 2 heterocycles. The summed E-state index contributed by atoms with van der Waals surface area (Å²) in [4.78, 5) is 8.89. The summed E-state index contributed by atoms with van der Waals surface area (Å²) in [7, 11) is 0. The Hall–Kier alpha value is -1.57. The molecular weight excluding hydrogens is 285 g/mol. The van der Waals surface area contributed by atoms with Crippen molar-refractivity contribution in [3.63, 3.8) is 0 Å². The number of anilines is 2. The Morgan fingerprint density at radius 1 is 1.48 bits per heavy atom. The summed E-state index contributed by atoms with van der Waals surface area (Å²) in [6.45, 7) is 5.03. The van der Waals surface area contributed by atoms with E-state index in [1.165, 1.54) is 6.07 Å². The molecule has 1 fully saturated rings. The van der Waals surface area contributed by atoms with Crippen LogP contribution in [0.1, 0.15) is 26.1 Å². The molecule has 0 aromatic carbocycles. The van der Waals surface area contributed by atoms with Gasteiger partial charge in [-0.1, -0.05) is 0 Å². The third-order valence-electron chi connectivity index (χ3n) is 3.55. The molecule has 0 bridgehead atoms. The standard InChI is InChI=1S/C13H19F3N4O/c1-3-17-10-6-11(19-12(18-10)13(14,15)16)20-5-4-9(7-20)8(2)21/h6,8-9,21H,3-5,7H2,1-2H3,(H,17,18,19). The molecule has 1 aromatic heterocycles. The van der Waals surface area contributed by atoms with Gasteiger partial charge in [0.2, 0.25) is 5.82 Å². The summed E-state index contributed by atoms with van der Waals surface area (Å²) in [5, 5.41) is 12.4. The van der Waals surface area contributed by atoms with Crippen molar-refractivity contribution < 1.29 is 18.3 Å². The first-order valence-electron chi connectivity index (χ1n) is 6.94. The van der Waals surface area contributed by atoms with E-state index in [0.29, 0.717) is 19.6 Å². The van der Waals surface area contributed by atoms with Gasteiger partial charge < -0.3 is 15.3 Å². The Morgan fingerprint density at radius 2 is 2.19 bits per heavy atom. The van der Waals surface area contributed by atoms with Gasteiger partial charge in [-0.05, 0) is 20.3 Å². The van der Waals surface area contributed by atoms with Crippen LogP contribution in [0.2, 0.25) is 0 Å². The highest BCUT2D eigenvalue weighted by Crippen LogP contribution is 2.31. The molecule has 0 spiro atoms. The van der Waals surface area contributed by atoms with Gasteiger partial charge in [-0.25, -0.2) is 9.97 Å². The summed E-state index contributed by atoms with van der Waals surface area (Å²) >= 11 is 0. The van der Waals surface area contributed by atoms with Crippen LogP contribution in [0.25, 0.3) is 0 Å². The quantitative estimate of drug-likeness (QED) is 0.892. The first-order chi connectivity index (χ1) is 9.81. The van der Waals surface area contributed by atoms with E-state index in [2.05, 4.69) is 15.3 Å². The van der Waals surface area contributed by atoms with Crippen molar-refractivity contribution in [3.8, 4) is 0 Å². The van der Waals surface area contributed by atoms with Gasteiger partial charge in [0, 0.05) is 31.6 Å². The zero-order valence-electron chi connectivity index (χ0n) is 12.0. The largest absolute Gasteiger partial charge is 0.451 e. The fourth-order valence-corrected chi connectivity index (χ4v) is 2.38. The number of hydrogen-bond donors (Lipinski definition) is 2. The smallest absolute Gasteiger partial charge is 0.393 e. The average Bonchev–Trinajstić information content (AvgIpc) is 2.87. The number of hydrogen-bond acceptors (Lipinski definition) is 5. The van der Waals surface area contributed by atoms with E-state index in [-0.39, 0.29) is 17.6 Å². The van der Waals surface area contributed by atoms with Gasteiger partial charge in [-0.15, -0.1) is 0 Å². The van der Waals surface area contributed by atoms with E-state index < -0.39 is 18.1 Å². The van der Waals surface area contributed by atoms with Crippen molar-refractivity contribution in [2.75, 3.05) is 29.9 Å². The van der Waals surface area contributed by atoms with Gasteiger partial charge in [0.1, 0.15) is 11.6 Å². The molecule has 0 amide bonds. The van der Waals surface area contributed by atoms with Crippen molar-refractivity contribution >= 4 is 11.6 Å². The molecule has 2 rings (SSSR count). The van der Waals surface area contributed by atoms with Crippen LogP contribution < -0.4 is 10.2 Å². The second kappa shape index (κ2) is 6.05. The summed E-state index contributed by atoms with van der Waals surface area (Å²) in [6, 6.07) is 1.52. The van der Waals surface area contributed by atoms with Gasteiger partial charge in [0.15, 0.2) is 0 Å². The Bertz CT molecular complexity index is 493. The van der Waals surface area contributed by atoms with Crippen LogP contribution in [0.5, 0.6) is 0 Å². The lowest BCUT2D eigenvalue weighted by atomic mass is 10.0. The third kappa shape index (κ3) is 3.75. The maximum Gasteiger partial charge on any atom is 0.451 e. The molecule has 1 saturated heterocycles. The summed E-state index contributed by atoms with van der Waals surface area (Å²) < 4.78 is 38.6. The maximum absolute atomic E-state index is 12.9. The fraction of sp³-hybridized carbons (Fsp3) is 0.692. The summed E-state index contributed by atoms with van der Waals surface area (Å²) in [5.74, 6) is -0.680. The van der Waals surface area contributed by atoms with Crippen LogP contribution in [-0.2, 0) is 6.18 Å². The highest BCUT2D eigenvalue weighted by molar-refractivity contribution is 5.50. The number of aliphatic hydroxyl groups excluding tert-OH is 1. The zero-order valence-corrected chi connectivity index (χ0v) is 12.0. The molecule has 1 aromatic rings. The molecule has 1 aliphatic heterocycles. The average molecular weight is 304 g/mol. The van der Waals surface area contributed by atoms with Crippen LogP contribution in [0.3, 0.4) is 0 Å². The molecule has 5 nitrogen and oxygen atoms in total. The van der Waals surface area contributed by atoms with Crippen LogP contribution in [0, 0.1) is 5.92 Å². The van der Waals surface area contributed by atoms with E-state index in [1.54, 1.807) is 18.7 Å². The van der Waals surface area contributed by atoms with Crippen LogP contribution in [0.4, 0.5) is 24.8 Å². The Morgan fingerprint density at radius 3 is 2.71 bits per heavy atom. The highest BCUT2D eigenvalue weighted by Gasteiger charge is 2.36. The third-order valence-corrected chi connectivity index (χ3v) is 3.55. The monoisotopic (exact) mass is 304 g/mol. The summed E-state index contributed by atoms with van der Waals surface area (Å²) in [5.41, 5.74) is 0. The lowest BCUT2D eigenvalue weighted by molar-refractivity contribution is -0.144. The van der Waals surface area contributed by atoms with Gasteiger partial charge in [-0.3, -0.25) is 0 Å². The number of aliphatic hydroxyl groups is 1. The fourth-order valence-electron chi connectivity index (χ4n) is 2.38. The topological polar surface area (TPSA) is 61.3 Å². The van der Waals surface area contributed by atoms with E-state index in [9.17, 15) is 18.3 Å². The molecule has 2 atom stereocenters. The van der Waals surface area contributed by atoms with Crippen LogP contribution >= 0.6 is 0 Å². The van der Waals surface area contributed by atoms with Gasteiger partial charge in [0.05, 0.1) is 6.10 Å². The lowest BCUT2D eigenvalue weighted by Crippen LogP contribution is -2.26. The van der Waals surface area contributed by atoms with Crippen molar-refractivity contribution in [1.29, 1.82) is 0 Å². The number of rotatable bonds is 4. The van der Waals surface area contributed by atoms with Gasteiger partial charge >= 0.3 is 6.18 Å². The number of alkyl halides is 3. The zero-order chi connectivity index (χ0) is 15.6. The first-order valence-corrected chi connectivity index (χ1v) is 6.94. The molecule has 0 saturated carbocycles. The number of nitrogens with zero attached hydrogens (tertiary/aromatic N) is 3. The minimum absolute atomic E-state index is 0.0527. The Balaban J connectivity index is 2.28. The molecule has 8 heteroatoms. The predicted molar refractivity (Wildman–Crippen MR) is 73.2 cm³/mol. The van der Waals surface area contributed by atoms with Crippen LogP contribution in [0.15, 0.2) is 6.07 Å². The SMILES string of the molecule is CCNc1cc(N2CCC(C(C)O)C2)nc(C(F)(F)F)n1. The van der Waals surface area contributed by atoms with Gasteiger partial charge in [0.25, 0.3) is 0 Å². The van der Waals surface area contributed by atoms with Crippen molar-refractivity contribution in [2.45, 2.75) is 32.5 Å². The molecule has 21 heavy (non-hydrogen) atoms. The molecule has 2 unspecified atom stereocenters. The number of aromatic nitrogens is 2. The van der Waals surface area contributed by atoms with Crippen molar-refractivity contribution in [1.82, 2.24) is 9.97 Å². The molecular formula is C13H19F3N4O. The predicted octanol–water partition coefficient (Wildman–Crippen LogP) is 2.13. The van der Waals surface area contributed by atoms with Crippen molar-refractivity contribution in [2.24, 2.45) is 5.92 Å². The number of halogens is 3. The van der Waals surface area contributed by atoms with Crippen LogP contribution in [-0.4, -0.2) is 40.8 Å². The minimum atomic E-state index is -4.58. The van der Waals surface area contributed by atoms with Crippen molar-refractivity contribution in [3.05, 3.63) is 11.9 Å².